The largest absolute Gasteiger partial charge is 0.433 e. The van der Waals surface area contributed by atoms with Gasteiger partial charge in [-0.2, -0.15) is 18.3 Å². The molecule has 1 fully saturated rings. The van der Waals surface area contributed by atoms with Gasteiger partial charge in [0, 0.05) is 31.0 Å². The molecule has 0 N–H and O–H groups in total. The molecule has 0 unspecified atom stereocenters. The Morgan fingerprint density at radius 2 is 1.92 bits per heavy atom. The van der Waals surface area contributed by atoms with Crippen LogP contribution in [0.3, 0.4) is 0 Å². The molecule has 0 atom stereocenters. The van der Waals surface area contributed by atoms with Gasteiger partial charge in [-0.3, -0.25) is 19.4 Å². The minimum Gasteiger partial charge on any atom is -0.341 e. The molecule has 0 spiro atoms. The van der Waals surface area contributed by atoms with E-state index in [1.54, 1.807) is 11.0 Å². The van der Waals surface area contributed by atoms with Gasteiger partial charge in [0.05, 0.1) is 11.7 Å². The van der Waals surface area contributed by atoms with E-state index < -0.39 is 11.9 Å². The molecule has 1 aliphatic rings. The standard InChI is InChI=1S/C17H14F3N5O/c18-17(19,20)15-7-11(2-3-21-15)12-6-14-13(22-8-12)9-23-25(14)10-16(26)24-4-1-5-24/h2-3,6-9H,1,4-5,10H2. The number of rotatable bonds is 3. The maximum absolute atomic E-state index is 12.9. The molecule has 1 aliphatic heterocycles. The van der Waals surface area contributed by atoms with Gasteiger partial charge in [-0.15, -0.1) is 0 Å². The second-order valence-corrected chi connectivity index (χ2v) is 6.09. The minimum atomic E-state index is -4.51. The molecule has 0 saturated carbocycles. The molecule has 9 heteroatoms. The molecule has 0 aromatic carbocycles. The van der Waals surface area contributed by atoms with Crippen LogP contribution in [0.15, 0.2) is 36.8 Å². The summed E-state index contributed by atoms with van der Waals surface area (Å²) in [4.78, 5) is 21.5. The van der Waals surface area contributed by atoms with Crippen LogP contribution < -0.4 is 0 Å². The fourth-order valence-electron chi connectivity index (χ4n) is 2.80. The molecule has 1 amide bonds. The predicted octanol–water partition coefficient (Wildman–Crippen LogP) is 2.74. The minimum absolute atomic E-state index is 0.0325. The molecular formula is C17H14F3N5O. The fourth-order valence-corrected chi connectivity index (χ4v) is 2.80. The lowest BCUT2D eigenvalue weighted by Gasteiger charge is -2.30. The molecule has 3 aromatic heterocycles. The van der Waals surface area contributed by atoms with E-state index in [0.717, 1.165) is 31.8 Å². The molecule has 134 valence electrons. The zero-order valence-electron chi connectivity index (χ0n) is 13.6. The Morgan fingerprint density at radius 3 is 2.62 bits per heavy atom. The maximum Gasteiger partial charge on any atom is 0.433 e. The van der Waals surface area contributed by atoms with Gasteiger partial charge >= 0.3 is 6.18 Å². The lowest BCUT2D eigenvalue weighted by atomic mass is 10.1. The van der Waals surface area contributed by atoms with Crippen molar-refractivity contribution in [1.82, 2.24) is 24.6 Å². The highest BCUT2D eigenvalue weighted by Gasteiger charge is 2.32. The summed E-state index contributed by atoms with van der Waals surface area (Å²) in [5, 5.41) is 4.18. The monoisotopic (exact) mass is 361 g/mol. The fraction of sp³-hybridized carbons (Fsp3) is 0.294. The summed E-state index contributed by atoms with van der Waals surface area (Å²) in [6.45, 7) is 1.58. The second kappa shape index (κ2) is 6.08. The summed E-state index contributed by atoms with van der Waals surface area (Å²) in [5.41, 5.74) is 1.07. The number of hydrogen-bond acceptors (Lipinski definition) is 4. The smallest absolute Gasteiger partial charge is 0.341 e. The average Bonchev–Trinajstić information content (AvgIpc) is 2.95. The Kier molecular flexibility index (Phi) is 3.86. The molecule has 0 bridgehead atoms. The van der Waals surface area contributed by atoms with E-state index in [4.69, 9.17) is 0 Å². The molecule has 0 aliphatic carbocycles. The Morgan fingerprint density at radius 1 is 1.12 bits per heavy atom. The van der Waals surface area contributed by atoms with Gasteiger partial charge in [-0.05, 0) is 30.2 Å². The van der Waals surface area contributed by atoms with Gasteiger partial charge in [0.25, 0.3) is 0 Å². The molecule has 4 rings (SSSR count). The van der Waals surface area contributed by atoms with Crippen molar-refractivity contribution in [2.75, 3.05) is 13.1 Å². The number of aromatic nitrogens is 4. The number of nitrogens with zero attached hydrogens (tertiary/aromatic N) is 5. The van der Waals surface area contributed by atoms with Crippen LogP contribution in [0.25, 0.3) is 22.2 Å². The first-order valence-electron chi connectivity index (χ1n) is 8.05. The zero-order chi connectivity index (χ0) is 18.3. The Balaban J connectivity index is 1.69. The van der Waals surface area contributed by atoms with Gasteiger partial charge in [0.1, 0.15) is 17.8 Å². The van der Waals surface area contributed by atoms with Crippen molar-refractivity contribution in [3.05, 3.63) is 42.5 Å². The van der Waals surface area contributed by atoms with Crippen LogP contribution in [0, 0.1) is 0 Å². The van der Waals surface area contributed by atoms with Gasteiger partial charge in [-0.1, -0.05) is 0 Å². The number of carbonyl (C=O) groups is 1. The van der Waals surface area contributed by atoms with E-state index in [0.29, 0.717) is 22.2 Å². The highest BCUT2D eigenvalue weighted by Crippen LogP contribution is 2.31. The second-order valence-electron chi connectivity index (χ2n) is 6.09. The van der Waals surface area contributed by atoms with Crippen molar-refractivity contribution < 1.29 is 18.0 Å². The van der Waals surface area contributed by atoms with Crippen LogP contribution in [0.2, 0.25) is 0 Å². The molecule has 1 saturated heterocycles. The third kappa shape index (κ3) is 3.00. The van der Waals surface area contributed by atoms with Crippen molar-refractivity contribution in [1.29, 1.82) is 0 Å². The molecule has 4 heterocycles. The SMILES string of the molecule is O=C(Cn1ncc2ncc(-c3ccnc(C(F)(F)F)c3)cc21)N1CCC1. The summed E-state index contributed by atoms with van der Waals surface area (Å²) in [5.74, 6) is -0.0325. The zero-order valence-corrected chi connectivity index (χ0v) is 13.6. The summed E-state index contributed by atoms with van der Waals surface area (Å²) < 4.78 is 40.2. The van der Waals surface area contributed by atoms with Crippen LogP contribution in [-0.4, -0.2) is 43.6 Å². The maximum atomic E-state index is 12.9. The Bertz CT molecular complexity index is 978. The Labute approximate surface area is 146 Å². The molecule has 3 aromatic rings. The number of pyridine rings is 2. The van der Waals surface area contributed by atoms with E-state index in [1.165, 1.54) is 23.1 Å². The van der Waals surface area contributed by atoms with Crippen LogP contribution in [0.5, 0.6) is 0 Å². The quantitative estimate of drug-likeness (QED) is 0.720. The number of fused-ring (bicyclic) bond motifs is 1. The normalized spacial score (nSPS) is 14.5. The first kappa shape index (κ1) is 16.5. The van der Waals surface area contributed by atoms with Crippen LogP contribution in [-0.2, 0) is 17.5 Å². The van der Waals surface area contributed by atoms with Crippen molar-refractivity contribution in [3.8, 4) is 11.1 Å². The highest BCUT2D eigenvalue weighted by atomic mass is 19.4. The van der Waals surface area contributed by atoms with Gasteiger partial charge in [0.15, 0.2) is 0 Å². The lowest BCUT2D eigenvalue weighted by Crippen LogP contribution is -2.43. The predicted molar refractivity (Wildman–Crippen MR) is 87.0 cm³/mol. The number of likely N-dealkylation sites (tertiary alicyclic amines) is 1. The molecule has 26 heavy (non-hydrogen) atoms. The van der Waals surface area contributed by atoms with E-state index in [1.807, 2.05) is 0 Å². The third-order valence-electron chi connectivity index (χ3n) is 4.37. The molecule has 6 nitrogen and oxygen atoms in total. The van der Waals surface area contributed by atoms with Crippen molar-refractivity contribution in [2.24, 2.45) is 0 Å². The van der Waals surface area contributed by atoms with Crippen LogP contribution in [0.1, 0.15) is 12.1 Å². The van der Waals surface area contributed by atoms with Crippen LogP contribution in [0.4, 0.5) is 13.2 Å². The van der Waals surface area contributed by atoms with Gasteiger partial charge in [0.2, 0.25) is 5.91 Å². The first-order chi connectivity index (χ1) is 12.4. The third-order valence-corrected chi connectivity index (χ3v) is 4.37. The summed E-state index contributed by atoms with van der Waals surface area (Å²) in [6, 6.07) is 4.16. The topological polar surface area (TPSA) is 63.9 Å². The van der Waals surface area contributed by atoms with E-state index in [9.17, 15) is 18.0 Å². The summed E-state index contributed by atoms with van der Waals surface area (Å²) >= 11 is 0. The van der Waals surface area contributed by atoms with E-state index in [-0.39, 0.29) is 12.5 Å². The number of halogens is 3. The molecule has 0 radical (unpaired) electrons. The van der Waals surface area contributed by atoms with Crippen molar-refractivity contribution in [2.45, 2.75) is 19.1 Å². The van der Waals surface area contributed by atoms with E-state index >= 15 is 0 Å². The highest BCUT2D eigenvalue weighted by molar-refractivity contribution is 5.83. The summed E-state index contributed by atoms with van der Waals surface area (Å²) in [7, 11) is 0. The number of carbonyl (C=O) groups excluding carboxylic acids is 1. The van der Waals surface area contributed by atoms with Crippen molar-refractivity contribution in [3.63, 3.8) is 0 Å². The number of amides is 1. The molecular weight excluding hydrogens is 347 g/mol. The first-order valence-corrected chi connectivity index (χ1v) is 8.05. The Hall–Kier alpha value is -2.97. The average molecular weight is 361 g/mol. The summed E-state index contributed by atoms with van der Waals surface area (Å²) in [6.07, 6.45) is 0.629. The van der Waals surface area contributed by atoms with Gasteiger partial charge < -0.3 is 4.90 Å². The lowest BCUT2D eigenvalue weighted by molar-refractivity contribution is -0.141. The van der Waals surface area contributed by atoms with E-state index in [2.05, 4.69) is 15.1 Å². The number of alkyl halides is 3. The van der Waals surface area contributed by atoms with Gasteiger partial charge in [-0.25, -0.2) is 0 Å². The van der Waals surface area contributed by atoms with Crippen LogP contribution >= 0.6 is 0 Å². The van der Waals surface area contributed by atoms with Crippen molar-refractivity contribution >= 4 is 16.9 Å². The number of hydrogen-bond donors (Lipinski definition) is 0.